The molecule has 0 spiro atoms. The number of pyridine rings is 1. The van der Waals surface area contributed by atoms with Crippen LogP contribution in [0, 0.1) is 5.82 Å². The van der Waals surface area contributed by atoms with Crippen LogP contribution in [0.1, 0.15) is 20.7 Å². The number of carbonyl (C=O) groups excluding carboxylic acids is 2. The fourth-order valence-electron chi connectivity index (χ4n) is 1.87. The summed E-state index contributed by atoms with van der Waals surface area (Å²) in [5, 5.41) is 0.861. The van der Waals surface area contributed by atoms with Gasteiger partial charge in [-0.3, -0.25) is 20.0 Å². The number of nitrogens with one attached hydrogen (secondary N) is 1. The maximum Gasteiger partial charge on any atom is 0.280 e. The quantitative estimate of drug-likeness (QED) is 0.834. The van der Waals surface area contributed by atoms with Crippen molar-refractivity contribution in [3.63, 3.8) is 0 Å². The third-order valence-electron chi connectivity index (χ3n) is 2.77. The zero-order chi connectivity index (χ0) is 13.4. The first-order chi connectivity index (χ1) is 9.16. The van der Waals surface area contributed by atoms with Crippen molar-refractivity contribution >= 4 is 17.5 Å². The van der Waals surface area contributed by atoms with Crippen molar-refractivity contribution in [2.24, 2.45) is 0 Å². The molecular weight excluding hydrogens is 249 g/mol. The van der Waals surface area contributed by atoms with E-state index in [-0.39, 0.29) is 11.1 Å². The first-order valence-electron chi connectivity index (χ1n) is 5.52. The summed E-state index contributed by atoms with van der Waals surface area (Å²) in [4.78, 5) is 27.9. The molecule has 2 aromatic rings. The number of halogens is 1. The largest absolute Gasteiger partial charge is 0.288 e. The molecule has 0 radical (unpaired) electrons. The molecule has 1 aromatic carbocycles. The Morgan fingerprint density at radius 2 is 1.68 bits per heavy atom. The van der Waals surface area contributed by atoms with Gasteiger partial charge in [-0.2, -0.15) is 5.01 Å². The molecule has 0 bridgehead atoms. The van der Waals surface area contributed by atoms with Gasteiger partial charge in [0.25, 0.3) is 11.8 Å². The zero-order valence-corrected chi connectivity index (χ0v) is 9.63. The molecule has 0 aliphatic carbocycles. The van der Waals surface area contributed by atoms with Crippen LogP contribution in [0.3, 0.4) is 0 Å². The van der Waals surface area contributed by atoms with Crippen molar-refractivity contribution in [3.8, 4) is 0 Å². The van der Waals surface area contributed by atoms with Crippen LogP contribution in [0.4, 0.5) is 10.1 Å². The fraction of sp³-hybridized carbons (Fsp3) is 0. The van der Waals surface area contributed by atoms with E-state index in [0.29, 0.717) is 5.69 Å². The van der Waals surface area contributed by atoms with Gasteiger partial charge in [0, 0.05) is 12.4 Å². The Morgan fingerprint density at radius 3 is 2.42 bits per heavy atom. The molecule has 0 atom stereocenters. The van der Waals surface area contributed by atoms with E-state index in [0.717, 1.165) is 17.1 Å². The SMILES string of the molecule is O=C1c2ccc(F)cc2C(=O)N1Nc1ccncc1. The van der Waals surface area contributed by atoms with E-state index in [1.54, 1.807) is 12.1 Å². The minimum Gasteiger partial charge on any atom is -0.288 e. The number of fused-ring (bicyclic) bond motifs is 1. The molecule has 0 fully saturated rings. The van der Waals surface area contributed by atoms with Crippen molar-refractivity contribution in [2.75, 3.05) is 5.43 Å². The number of hydrogen-bond acceptors (Lipinski definition) is 4. The third kappa shape index (κ3) is 1.83. The number of benzene rings is 1. The van der Waals surface area contributed by atoms with Crippen LogP contribution in [0.15, 0.2) is 42.7 Å². The predicted octanol–water partition coefficient (Wildman–Crippen LogP) is 1.84. The summed E-state index contributed by atoms with van der Waals surface area (Å²) in [7, 11) is 0. The number of rotatable bonds is 2. The summed E-state index contributed by atoms with van der Waals surface area (Å²) in [6, 6.07) is 6.75. The second-order valence-electron chi connectivity index (χ2n) is 3.98. The maximum absolute atomic E-state index is 13.1. The second kappa shape index (κ2) is 4.16. The van der Waals surface area contributed by atoms with Crippen molar-refractivity contribution in [2.45, 2.75) is 0 Å². The smallest absolute Gasteiger partial charge is 0.280 e. The van der Waals surface area contributed by atoms with Gasteiger partial charge in [0.15, 0.2) is 0 Å². The van der Waals surface area contributed by atoms with Crippen LogP contribution in [-0.4, -0.2) is 21.8 Å². The van der Waals surface area contributed by atoms with E-state index in [1.165, 1.54) is 18.5 Å². The Balaban J connectivity index is 1.95. The van der Waals surface area contributed by atoms with Gasteiger partial charge < -0.3 is 0 Å². The molecule has 2 heterocycles. The molecule has 6 heteroatoms. The minimum atomic E-state index is -0.573. The van der Waals surface area contributed by atoms with Gasteiger partial charge in [-0.25, -0.2) is 4.39 Å². The number of anilines is 1. The molecule has 0 unspecified atom stereocenters. The van der Waals surface area contributed by atoms with Gasteiger partial charge in [-0.05, 0) is 30.3 Å². The summed E-state index contributed by atoms with van der Waals surface area (Å²) in [5.74, 6) is -1.63. The molecule has 1 N–H and O–H groups in total. The van der Waals surface area contributed by atoms with Crippen LogP contribution in [0.5, 0.6) is 0 Å². The highest BCUT2D eigenvalue weighted by molar-refractivity contribution is 6.21. The normalized spacial score (nSPS) is 13.6. The molecular formula is C13H8FN3O2. The number of nitrogens with zero attached hydrogens (tertiary/aromatic N) is 2. The minimum absolute atomic E-state index is 0.0616. The first kappa shape index (κ1) is 11.3. The summed E-state index contributed by atoms with van der Waals surface area (Å²) in [5.41, 5.74) is 3.47. The molecule has 1 aliphatic rings. The van der Waals surface area contributed by atoms with Gasteiger partial charge in [0.2, 0.25) is 0 Å². The number of carbonyl (C=O) groups is 2. The van der Waals surface area contributed by atoms with Gasteiger partial charge in [0.1, 0.15) is 5.82 Å². The topological polar surface area (TPSA) is 62.3 Å². The van der Waals surface area contributed by atoms with Crippen LogP contribution in [0.2, 0.25) is 0 Å². The molecule has 3 rings (SSSR count). The molecule has 0 saturated heterocycles. The van der Waals surface area contributed by atoms with Crippen molar-refractivity contribution in [3.05, 3.63) is 59.7 Å². The van der Waals surface area contributed by atoms with E-state index in [1.807, 2.05) is 0 Å². The lowest BCUT2D eigenvalue weighted by molar-refractivity contribution is 0.0691. The van der Waals surface area contributed by atoms with Crippen LogP contribution >= 0.6 is 0 Å². The van der Waals surface area contributed by atoms with Crippen LogP contribution in [0.25, 0.3) is 0 Å². The Morgan fingerprint density at radius 1 is 1.00 bits per heavy atom. The third-order valence-corrected chi connectivity index (χ3v) is 2.77. The Labute approximate surface area is 107 Å². The lowest BCUT2D eigenvalue weighted by Crippen LogP contribution is -2.35. The molecule has 1 aromatic heterocycles. The zero-order valence-electron chi connectivity index (χ0n) is 9.63. The number of hydrogen-bond donors (Lipinski definition) is 1. The predicted molar refractivity (Wildman–Crippen MR) is 64.8 cm³/mol. The summed E-state index contributed by atoms with van der Waals surface area (Å²) < 4.78 is 13.1. The van der Waals surface area contributed by atoms with Crippen molar-refractivity contribution in [1.29, 1.82) is 0 Å². The van der Waals surface area contributed by atoms with Crippen LogP contribution in [-0.2, 0) is 0 Å². The Hall–Kier alpha value is -2.76. The lowest BCUT2D eigenvalue weighted by atomic mass is 10.1. The molecule has 94 valence electrons. The average Bonchev–Trinajstić information content (AvgIpc) is 2.65. The van der Waals surface area contributed by atoms with E-state index >= 15 is 0 Å². The standard InChI is InChI=1S/C13H8FN3O2/c14-8-1-2-10-11(7-8)13(19)17(12(10)18)16-9-3-5-15-6-4-9/h1-7H,(H,15,16). The highest BCUT2D eigenvalue weighted by Crippen LogP contribution is 2.24. The molecule has 0 saturated carbocycles. The van der Waals surface area contributed by atoms with Gasteiger partial charge in [-0.1, -0.05) is 0 Å². The van der Waals surface area contributed by atoms with Gasteiger partial charge >= 0.3 is 0 Å². The lowest BCUT2D eigenvalue weighted by Gasteiger charge is -2.15. The number of imide groups is 1. The highest BCUT2D eigenvalue weighted by Gasteiger charge is 2.36. The van der Waals surface area contributed by atoms with E-state index in [2.05, 4.69) is 10.4 Å². The summed E-state index contributed by atoms with van der Waals surface area (Å²) >= 11 is 0. The molecule has 5 nitrogen and oxygen atoms in total. The maximum atomic E-state index is 13.1. The number of aromatic nitrogens is 1. The summed E-state index contributed by atoms with van der Waals surface area (Å²) in [6.07, 6.45) is 3.06. The first-order valence-corrected chi connectivity index (χ1v) is 5.52. The molecule has 2 amide bonds. The van der Waals surface area contributed by atoms with E-state index in [9.17, 15) is 14.0 Å². The second-order valence-corrected chi connectivity index (χ2v) is 3.98. The van der Waals surface area contributed by atoms with Gasteiger partial charge in [-0.15, -0.1) is 0 Å². The van der Waals surface area contributed by atoms with Crippen molar-refractivity contribution in [1.82, 2.24) is 9.99 Å². The molecule has 19 heavy (non-hydrogen) atoms. The Kier molecular flexibility index (Phi) is 2.49. The number of amides is 2. The van der Waals surface area contributed by atoms with E-state index < -0.39 is 17.6 Å². The van der Waals surface area contributed by atoms with Crippen LogP contribution < -0.4 is 5.43 Å². The van der Waals surface area contributed by atoms with Crippen molar-refractivity contribution < 1.29 is 14.0 Å². The Bertz CT molecular complexity index is 673. The molecule has 1 aliphatic heterocycles. The van der Waals surface area contributed by atoms with E-state index in [4.69, 9.17) is 0 Å². The monoisotopic (exact) mass is 257 g/mol. The highest BCUT2D eigenvalue weighted by atomic mass is 19.1. The average molecular weight is 257 g/mol. The number of hydrazine groups is 1. The summed E-state index contributed by atoms with van der Waals surface area (Å²) in [6.45, 7) is 0. The fourth-order valence-corrected chi connectivity index (χ4v) is 1.87. The van der Waals surface area contributed by atoms with Gasteiger partial charge in [0.05, 0.1) is 16.8 Å².